The van der Waals surface area contributed by atoms with Crippen molar-refractivity contribution in [3.8, 4) is 0 Å². The van der Waals surface area contributed by atoms with Gasteiger partial charge in [-0.1, -0.05) is 36.4 Å². The Labute approximate surface area is 217 Å². The molecule has 4 rings (SSSR count). The lowest BCUT2D eigenvalue weighted by Crippen LogP contribution is -2.54. The number of piperazine rings is 1. The quantitative estimate of drug-likeness (QED) is 0.529. The van der Waals surface area contributed by atoms with E-state index in [1.54, 1.807) is 69.0 Å². The fraction of sp³-hybridized carbons (Fsp3) is 0.429. The van der Waals surface area contributed by atoms with Crippen molar-refractivity contribution in [2.24, 2.45) is 0 Å². The SMILES string of the molecule is C[C@H](NC(=O)OC(C)(C)C)C(=O)N1CCN(CCNc2cccc3c2C(=O)c2ccccc2C3=O)CC1. The van der Waals surface area contributed by atoms with Gasteiger partial charge in [0, 0.05) is 61.6 Å². The summed E-state index contributed by atoms with van der Waals surface area (Å²) < 4.78 is 5.23. The van der Waals surface area contributed by atoms with Gasteiger partial charge in [0.25, 0.3) is 0 Å². The summed E-state index contributed by atoms with van der Waals surface area (Å²) in [7, 11) is 0. The zero-order valence-corrected chi connectivity index (χ0v) is 21.8. The van der Waals surface area contributed by atoms with E-state index < -0.39 is 17.7 Å². The molecule has 37 heavy (non-hydrogen) atoms. The molecule has 0 saturated carbocycles. The first kappa shape index (κ1) is 26.3. The van der Waals surface area contributed by atoms with E-state index in [4.69, 9.17) is 4.74 Å². The van der Waals surface area contributed by atoms with E-state index in [0.29, 0.717) is 60.7 Å². The van der Waals surface area contributed by atoms with Gasteiger partial charge in [-0.25, -0.2) is 4.79 Å². The van der Waals surface area contributed by atoms with Gasteiger partial charge in [-0.2, -0.15) is 0 Å². The molecule has 0 spiro atoms. The number of hydrogen-bond acceptors (Lipinski definition) is 7. The molecular formula is C28H34N4O5. The number of ether oxygens (including phenoxy) is 1. The lowest BCUT2D eigenvalue weighted by Gasteiger charge is -2.36. The maximum atomic E-state index is 13.2. The van der Waals surface area contributed by atoms with Crippen LogP contribution in [0.4, 0.5) is 10.5 Å². The average molecular weight is 507 g/mol. The number of anilines is 1. The molecule has 2 amide bonds. The third-order valence-corrected chi connectivity index (χ3v) is 6.48. The smallest absolute Gasteiger partial charge is 0.408 e. The molecule has 1 heterocycles. The number of ketones is 2. The van der Waals surface area contributed by atoms with Crippen LogP contribution in [0.3, 0.4) is 0 Å². The highest BCUT2D eigenvalue weighted by Gasteiger charge is 2.31. The van der Waals surface area contributed by atoms with E-state index in [1.165, 1.54) is 0 Å². The van der Waals surface area contributed by atoms with E-state index >= 15 is 0 Å². The number of carbonyl (C=O) groups excluding carboxylic acids is 4. The van der Waals surface area contributed by atoms with Crippen molar-refractivity contribution in [2.45, 2.75) is 39.3 Å². The Morgan fingerprint density at radius 1 is 0.919 bits per heavy atom. The molecule has 0 unspecified atom stereocenters. The molecule has 196 valence electrons. The van der Waals surface area contributed by atoms with Gasteiger partial charge in [0.05, 0.1) is 5.56 Å². The third kappa shape index (κ3) is 5.99. The first-order chi connectivity index (χ1) is 17.5. The average Bonchev–Trinajstić information content (AvgIpc) is 2.86. The summed E-state index contributed by atoms with van der Waals surface area (Å²) in [6, 6.07) is 11.6. The lowest BCUT2D eigenvalue weighted by atomic mass is 9.83. The van der Waals surface area contributed by atoms with Gasteiger partial charge in [0.1, 0.15) is 11.6 Å². The fourth-order valence-corrected chi connectivity index (χ4v) is 4.65. The van der Waals surface area contributed by atoms with Crippen LogP contribution in [-0.2, 0) is 9.53 Å². The molecule has 0 radical (unpaired) electrons. The summed E-state index contributed by atoms with van der Waals surface area (Å²) in [5, 5.41) is 5.95. The Kier molecular flexibility index (Phi) is 7.63. The van der Waals surface area contributed by atoms with Gasteiger partial charge >= 0.3 is 6.09 Å². The highest BCUT2D eigenvalue weighted by molar-refractivity contribution is 6.30. The Bertz CT molecular complexity index is 1210. The Balaban J connectivity index is 1.28. The second-order valence-electron chi connectivity index (χ2n) is 10.4. The molecular weight excluding hydrogens is 472 g/mol. The monoisotopic (exact) mass is 506 g/mol. The Morgan fingerprint density at radius 3 is 2.19 bits per heavy atom. The number of nitrogens with one attached hydrogen (secondary N) is 2. The Morgan fingerprint density at radius 2 is 1.54 bits per heavy atom. The van der Waals surface area contributed by atoms with Crippen molar-refractivity contribution in [3.63, 3.8) is 0 Å². The van der Waals surface area contributed by atoms with Gasteiger partial charge in [0.2, 0.25) is 5.91 Å². The lowest BCUT2D eigenvalue weighted by molar-refractivity contribution is -0.134. The van der Waals surface area contributed by atoms with Gasteiger partial charge in [-0.3, -0.25) is 19.3 Å². The second-order valence-corrected chi connectivity index (χ2v) is 10.4. The molecule has 1 fully saturated rings. The summed E-state index contributed by atoms with van der Waals surface area (Å²) in [5.74, 6) is -0.414. The maximum Gasteiger partial charge on any atom is 0.408 e. The van der Waals surface area contributed by atoms with E-state index in [9.17, 15) is 19.2 Å². The summed E-state index contributed by atoms with van der Waals surface area (Å²) in [5.41, 5.74) is 1.76. The number of hydrogen-bond donors (Lipinski definition) is 2. The van der Waals surface area contributed by atoms with E-state index in [-0.39, 0.29) is 17.5 Å². The molecule has 1 aliphatic carbocycles. The standard InChI is InChI=1S/C28H34N4O5/c1-18(30-27(36)37-28(2,3)4)26(35)32-16-14-31(15-17-32)13-12-29-22-11-7-10-21-23(22)25(34)20-9-6-5-8-19(20)24(21)33/h5-11,18,29H,12-17H2,1-4H3,(H,30,36)/t18-/m0/s1. The minimum atomic E-state index is -0.669. The summed E-state index contributed by atoms with van der Waals surface area (Å²) in [6.45, 7) is 10.8. The molecule has 0 aromatic heterocycles. The van der Waals surface area contributed by atoms with Crippen LogP contribution in [0.25, 0.3) is 0 Å². The number of amides is 2. The zero-order chi connectivity index (χ0) is 26.7. The second kappa shape index (κ2) is 10.7. The van der Waals surface area contributed by atoms with Gasteiger partial charge < -0.3 is 20.3 Å². The van der Waals surface area contributed by atoms with Crippen molar-refractivity contribution in [1.82, 2.24) is 15.1 Å². The highest BCUT2D eigenvalue weighted by Crippen LogP contribution is 2.31. The molecule has 1 saturated heterocycles. The summed E-state index contributed by atoms with van der Waals surface area (Å²) >= 11 is 0. The molecule has 1 atom stereocenters. The number of fused-ring (bicyclic) bond motifs is 2. The minimum Gasteiger partial charge on any atom is -0.444 e. The Hall–Kier alpha value is -3.72. The normalized spacial score (nSPS) is 16.5. The molecule has 2 N–H and O–H groups in total. The van der Waals surface area contributed by atoms with E-state index in [1.807, 2.05) is 6.07 Å². The molecule has 2 aromatic carbocycles. The molecule has 9 heteroatoms. The van der Waals surface area contributed by atoms with Gasteiger partial charge in [0.15, 0.2) is 11.6 Å². The fourth-order valence-electron chi connectivity index (χ4n) is 4.65. The van der Waals surface area contributed by atoms with Crippen LogP contribution in [-0.4, -0.2) is 84.3 Å². The van der Waals surface area contributed by atoms with Crippen LogP contribution in [0.2, 0.25) is 0 Å². The van der Waals surface area contributed by atoms with Crippen molar-refractivity contribution in [1.29, 1.82) is 0 Å². The highest BCUT2D eigenvalue weighted by atomic mass is 16.6. The van der Waals surface area contributed by atoms with Crippen LogP contribution in [0.1, 0.15) is 59.5 Å². The van der Waals surface area contributed by atoms with Crippen molar-refractivity contribution < 1.29 is 23.9 Å². The van der Waals surface area contributed by atoms with Crippen LogP contribution in [0.15, 0.2) is 42.5 Å². The van der Waals surface area contributed by atoms with Crippen LogP contribution in [0, 0.1) is 0 Å². The molecule has 0 bridgehead atoms. The topological polar surface area (TPSA) is 108 Å². The van der Waals surface area contributed by atoms with Crippen molar-refractivity contribution >= 4 is 29.3 Å². The largest absolute Gasteiger partial charge is 0.444 e. The van der Waals surface area contributed by atoms with Crippen LogP contribution < -0.4 is 10.6 Å². The predicted octanol–water partition coefficient (Wildman–Crippen LogP) is 2.93. The first-order valence-electron chi connectivity index (χ1n) is 12.6. The zero-order valence-electron chi connectivity index (χ0n) is 21.8. The number of alkyl carbamates (subject to hydrolysis) is 1. The third-order valence-electron chi connectivity index (χ3n) is 6.48. The predicted molar refractivity (Wildman–Crippen MR) is 140 cm³/mol. The number of nitrogens with zero attached hydrogens (tertiary/aromatic N) is 2. The van der Waals surface area contributed by atoms with E-state index in [2.05, 4.69) is 15.5 Å². The van der Waals surface area contributed by atoms with Crippen molar-refractivity contribution in [2.75, 3.05) is 44.6 Å². The number of carbonyl (C=O) groups is 4. The van der Waals surface area contributed by atoms with Crippen LogP contribution in [0.5, 0.6) is 0 Å². The maximum absolute atomic E-state index is 13.2. The number of rotatable bonds is 6. The van der Waals surface area contributed by atoms with Crippen molar-refractivity contribution in [3.05, 3.63) is 64.7 Å². The number of benzene rings is 2. The molecule has 1 aliphatic heterocycles. The van der Waals surface area contributed by atoms with E-state index in [0.717, 1.165) is 6.54 Å². The minimum absolute atomic E-state index is 0.134. The summed E-state index contributed by atoms with van der Waals surface area (Å²) in [4.78, 5) is 54.8. The first-order valence-corrected chi connectivity index (χ1v) is 12.6. The van der Waals surface area contributed by atoms with Gasteiger partial charge in [-0.15, -0.1) is 0 Å². The molecule has 2 aromatic rings. The summed E-state index contributed by atoms with van der Waals surface area (Å²) in [6.07, 6.45) is -0.607. The molecule has 2 aliphatic rings. The van der Waals surface area contributed by atoms with Gasteiger partial charge in [-0.05, 0) is 33.8 Å². The van der Waals surface area contributed by atoms with Crippen LogP contribution >= 0.6 is 0 Å². The molecule has 9 nitrogen and oxygen atoms in total.